The molecule has 0 aliphatic heterocycles. The van der Waals surface area contributed by atoms with Gasteiger partial charge in [-0.15, -0.1) is 0 Å². The fourth-order valence-corrected chi connectivity index (χ4v) is 1.96. The number of rotatable bonds is 3. The molecular formula is C15H13ClN2. The number of nitrogens with one attached hydrogen (secondary N) is 1. The van der Waals surface area contributed by atoms with Crippen molar-refractivity contribution in [3.8, 4) is 6.07 Å². The molecule has 2 aromatic carbocycles. The lowest BCUT2D eigenvalue weighted by atomic mass is 10.1. The molecule has 0 spiro atoms. The Balaban J connectivity index is 2.24. The summed E-state index contributed by atoms with van der Waals surface area (Å²) in [4.78, 5) is 0. The fourth-order valence-electron chi connectivity index (χ4n) is 1.79. The van der Waals surface area contributed by atoms with Crippen LogP contribution >= 0.6 is 11.6 Å². The summed E-state index contributed by atoms with van der Waals surface area (Å²) in [6.07, 6.45) is 0. The van der Waals surface area contributed by atoms with Crippen molar-refractivity contribution in [1.29, 1.82) is 5.26 Å². The minimum atomic E-state index is 0.122. The van der Waals surface area contributed by atoms with Gasteiger partial charge >= 0.3 is 0 Å². The van der Waals surface area contributed by atoms with Crippen LogP contribution in [0, 0.1) is 11.3 Å². The van der Waals surface area contributed by atoms with Crippen LogP contribution in [0.15, 0.2) is 48.5 Å². The van der Waals surface area contributed by atoms with Gasteiger partial charge in [-0.1, -0.05) is 41.9 Å². The number of hydrogen-bond donors (Lipinski definition) is 1. The molecule has 2 nitrogen and oxygen atoms in total. The molecule has 0 aliphatic carbocycles. The number of anilines is 1. The predicted octanol–water partition coefficient (Wildman–Crippen LogP) is 4.38. The van der Waals surface area contributed by atoms with E-state index in [4.69, 9.17) is 16.9 Å². The molecule has 1 N–H and O–H groups in total. The first-order valence-electron chi connectivity index (χ1n) is 5.72. The van der Waals surface area contributed by atoms with Gasteiger partial charge in [0.25, 0.3) is 0 Å². The molecule has 0 radical (unpaired) electrons. The maximum absolute atomic E-state index is 9.06. The second-order valence-electron chi connectivity index (χ2n) is 4.08. The lowest BCUT2D eigenvalue weighted by Crippen LogP contribution is -2.07. The largest absolute Gasteiger partial charge is 0.377 e. The van der Waals surface area contributed by atoms with Gasteiger partial charge in [-0.3, -0.25) is 0 Å². The third-order valence-corrected chi connectivity index (χ3v) is 3.01. The van der Waals surface area contributed by atoms with Gasteiger partial charge in [0.05, 0.1) is 11.3 Å². The smallest absolute Gasteiger partial charge is 0.101 e. The normalized spacial score (nSPS) is 11.6. The minimum Gasteiger partial charge on any atom is -0.377 e. The molecule has 0 saturated heterocycles. The van der Waals surface area contributed by atoms with Gasteiger partial charge in [0.1, 0.15) is 6.07 Å². The van der Waals surface area contributed by atoms with Gasteiger partial charge in [0.2, 0.25) is 0 Å². The number of hydrogen-bond acceptors (Lipinski definition) is 2. The van der Waals surface area contributed by atoms with Crippen LogP contribution in [0.3, 0.4) is 0 Å². The molecule has 1 atom stereocenters. The number of benzene rings is 2. The van der Waals surface area contributed by atoms with Crippen LogP contribution in [-0.4, -0.2) is 0 Å². The SMILES string of the molecule is CC(Nc1cc(Cl)ccc1C#N)c1ccccc1. The van der Waals surface area contributed by atoms with Crippen molar-refractivity contribution in [2.24, 2.45) is 0 Å². The van der Waals surface area contributed by atoms with E-state index in [2.05, 4.69) is 18.3 Å². The van der Waals surface area contributed by atoms with E-state index in [-0.39, 0.29) is 6.04 Å². The van der Waals surface area contributed by atoms with Gasteiger partial charge in [0, 0.05) is 11.1 Å². The summed E-state index contributed by atoms with van der Waals surface area (Å²) < 4.78 is 0. The van der Waals surface area contributed by atoms with E-state index in [0.29, 0.717) is 10.6 Å². The van der Waals surface area contributed by atoms with Crippen molar-refractivity contribution in [2.75, 3.05) is 5.32 Å². The van der Waals surface area contributed by atoms with Crippen LogP contribution in [0.1, 0.15) is 24.1 Å². The molecule has 1 unspecified atom stereocenters. The van der Waals surface area contributed by atoms with E-state index in [1.807, 2.05) is 30.3 Å². The highest BCUT2D eigenvalue weighted by molar-refractivity contribution is 6.30. The van der Waals surface area contributed by atoms with Gasteiger partial charge in [-0.2, -0.15) is 5.26 Å². The molecular weight excluding hydrogens is 244 g/mol. The fraction of sp³-hybridized carbons (Fsp3) is 0.133. The molecule has 0 heterocycles. The lowest BCUT2D eigenvalue weighted by Gasteiger charge is -2.16. The number of halogens is 1. The Kier molecular flexibility index (Phi) is 3.86. The monoisotopic (exact) mass is 256 g/mol. The molecule has 0 aliphatic rings. The maximum atomic E-state index is 9.06. The van der Waals surface area contributed by atoms with Crippen LogP contribution in [-0.2, 0) is 0 Å². The van der Waals surface area contributed by atoms with Gasteiger partial charge in [-0.25, -0.2) is 0 Å². The first-order chi connectivity index (χ1) is 8.70. The highest BCUT2D eigenvalue weighted by atomic mass is 35.5. The molecule has 2 rings (SSSR count). The van der Waals surface area contributed by atoms with Crippen molar-refractivity contribution in [2.45, 2.75) is 13.0 Å². The summed E-state index contributed by atoms with van der Waals surface area (Å²) in [6.45, 7) is 2.05. The highest BCUT2D eigenvalue weighted by Crippen LogP contribution is 2.25. The van der Waals surface area contributed by atoms with Crippen LogP contribution in [0.25, 0.3) is 0 Å². The second-order valence-corrected chi connectivity index (χ2v) is 4.51. The van der Waals surface area contributed by atoms with Crippen LogP contribution in [0.5, 0.6) is 0 Å². The molecule has 0 saturated carbocycles. The third kappa shape index (κ3) is 2.82. The Morgan fingerprint density at radius 2 is 1.89 bits per heavy atom. The van der Waals surface area contributed by atoms with E-state index in [1.165, 1.54) is 5.56 Å². The molecule has 0 bridgehead atoms. The molecule has 0 aromatic heterocycles. The number of nitrogens with zero attached hydrogens (tertiary/aromatic N) is 1. The third-order valence-electron chi connectivity index (χ3n) is 2.77. The molecule has 0 fully saturated rings. The van der Waals surface area contributed by atoms with Gasteiger partial charge in [0.15, 0.2) is 0 Å². The van der Waals surface area contributed by atoms with E-state index in [1.54, 1.807) is 18.2 Å². The Morgan fingerprint density at radius 3 is 2.56 bits per heavy atom. The lowest BCUT2D eigenvalue weighted by molar-refractivity contribution is 0.884. The Morgan fingerprint density at radius 1 is 1.17 bits per heavy atom. The summed E-state index contributed by atoms with van der Waals surface area (Å²) in [5.74, 6) is 0. The van der Waals surface area contributed by atoms with E-state index >= 15 is 0 Å². The van der Waals surface area contributed by atoms with Crippen molar-refractivity contribution in [3.05, 3.63) is 64.7 Å². The molecule has 90 valence electrons. The van der Waals surface area contributed by atoms with Gasteiger partial charge < -0.3 is 5.32 Å². The van der Waals surface area contributed by atoms with Gasteiger partial charge in [-0.05, 0) is 30.7 Å². The average molecular weight is 257 g/mol. The summed E-state index contributed by atoms with van der Waals surface area (Å²) in [5.41, 5.74) is 2.53. The first kappa shape index (κ1) is 12.5. The van der Waals surface area contributed by atoms with Crippen molar-refractivity contribution < 1.29 is 0 Å². The average Bonchev–Trinajstić information content (AvgIpc) is 2.40. The summed E-state index contributed by atoms with van der Waals surface area (Å²) in [5, 5.41) is 13.0. The predicted molar refractivity (Wildman–Crippen MR) is 74.6 cm³/mol. The standard InChI is InChI=1S/C15H13ClN2/c1-11(12-5-3-2-4-6-12)18-15-9-14(16)8-7-13(15)10-17/h2-9,11,18H,1H3. The zero-order chi connectivity index (χ0) is 13.0. The van der Waals surface area contributed by atoms with E-state index in [9.17, 15) is 0 Å². The van der Waals surface area contributed by atoms with E-state index in [0.717, 1.165) is 5.69 Å². The summed E-state index contributed by atoms with van der Waals surface area (Å²) >= 11 is 5.95. The Bertz CT molecular complexity index is 573. The molecule has 0 amide bonds. The highest BCUT2D eigenvalue weighted by Gasteiger charge is 2.08. The number of nitriles is 1. The molecule has 3 heteroatoms. The second kappa shape index (κ2) is 5.57. The zero-order valence-electron chi connectivity index (χ0n) is 10.0. The summed E-state index contributed by atoms with van der Waals surface area (Å²) in [7, 11) is 0. The van der Waals surface area contributed by atoms with Crippen LogP contribution in [0.4, 0.5) is 5.69 Å². The first-order valence-corrected chi connectivity index (χ1v) is 6.09. The Hall–Kier alpha value is -1.98. The quantitative estimate of drug-likeness (QED) is 0.884. The zero-order valence-corrected chi connectivity index (χ0v) is 10.8. The van der Waals surface area contributed by atoms with Crippen LogP contribution in [0.2, 0.25) is 5.02 Å². The van der Waals surface area contributed by atoms with Crippen molar-refractivity contribution >= 4 is 17.3 Å². The van der Waals surface area contributed by atoms with Crippen LogP contribution < -0.4 is 5.32 Å². The maximum Gasteiger partial charge on any atom is 0.101 e. The van der Waals surface area contributed by atoms with E-state index < -0.39 is 0 Å². The Labute approximate surface area is 112 Å². The molecule has 2 aromatic rings. The summed E-state index contributed by atoms with van der Waals surface area (Å²) in [6, 6.07) is 17.6. The minimum absolute atomic E-state index is 0.122. The van der Waals surface area contributed by atoms with Crippen molar-refractivity contribution in [1.82, 2.24) is 0 Å². The topological polar surface area (TPSA) is 35.8 Å². The molecule has 18 heavy (non-hydrogen) atoms. The van der Waals surface area contributed by atoms with Crippen molar-refractivity contribution in [3.63, 3.8) is 0 Å².